The molecule has 0 atom stereocenters. The van der Waals surface area contributed by atoms with E-state index >= 15 is 0 Å². The molecule has 1 N–H and O–H groups in total. The van der Waals surface area contributed by atoms with E-state index in [0.717, 1.165) is 19.4 Å². The highest BCUT2D eigenvalue weighted by atomic mass is 16.1. The molecular formula is C16H29NO. The van der Waals surface area contributed by atoms with Gasteiger partial charge in [0.1, 0.15) is 0 Å². The van der Waals surface area contributed by atoms with Gasteiger partial charge < -0.3 is 5.32 Å². The lowest BCUT2D eigenvalue weighted by molar-refractivity contribution is -0.116. The summed E-state index contributed by atoms with van der Waals surface area (Å²) in [6.45, 7) is 7.15. The first kappa shape index (κ1) is 16.9. The zero-order chi connectivity index (χ0) is 13.6. The van der Waals surface area contributed by atoms with Gasteiger partial charge in [-0.1, -0.05) is 51.8 Å². The Balaban J connectivity index is 3.44. The number of hydrogen-bond acceptors (Lipinski definition) is 1. The summed E-state index contributed by atoms with van der Waals surface area (Å²) in [6.07, 6.45) is 15.1. The Bertz CT molecular complexity index is 254. The number of unbranched alkanes of at least 4 members (excludes halogenated alkanes) is 4. The van der Waals surface area contributed by atoms with Crippen molar-refractivity contribution in [3.05, 3.63) is 24.3 Å². The van der Waals surface area contributed by atoms with E-state index in [9.17, 15) is 4.79 Å². The minimum atomic E-state index is 0.0237. The van der Waals surface area contributed by atoms with Crippen LogP contribution >= 0.6 is 0 Å². The van der Waals surface area contributed by atoms with Gasteiger partial charge in [0.2, 0.25) is 5.91 Å². The quantitative estimate of drug-likeness (QED) is 0.351. The Kier molecular flexibility index (Phi) is 11.7. The molecule has 0 aromatic rings. The van der Waals surface area contributed by atoms with Crippen molar-refractivity contribution in [2.24, 2.45) is 5.92 Å². The van der Waals surface area contributed by atoms with Crippen LogP contribution in [0.15, 0.2) is 24.3 Å². The molecule has 0 saturated heterocycles. The van der Waals surface area contributed by atoms with E-state index in [2.05, 4.69) is 38.2 Å². The summed E-state index contributed by atoms with van der Waals surface area (Å²) in [5.41, 5.74) is 0. The first-order valence-corrected chi connectivity index (χ1v) is 7.26. The van der Waals surface area contributed by atoms with Crippen LogP contribution in [0.5, 0.6) is 0 Å². The summed E-state index contributed by atoms with van der Waals surface area (Å²) in [4.78, 5) is 11.3. The van der Waals surface area contributed by atoms with Gasteiger partial charge in [-0.25, -0.2) is 0 Å². The minimum absolute atomic E-state index is 0.0237. The summed E-state index contributed by atoms with van der Waals surface area (Å²) in [7, 11) is 0. The summed E-state index contributed by atoms with van der Waals surface area (Å²) in [6, 6.07) is 0. The summed E-state index contributed by atoms with van der Waals surface area (Å²) in [5, 5.41) is 2.86. The molecule has 0 unspecified atom stereocenters. The number of allylic oxidation sites excluding steroid dienone is 3. The number of carbonyl (C=O) groups is 1. The predicted molar refractivity (Wildman–Crippen MR) is 79.5 cm³/mol. The van der Waals surface area contributed by atoms with Gasteiger partial charge in [-0.3, -0.25) is 4.79 Å². The Hall–Kier alpha value is -1.05. The Morgan fingerprint density at radius 2 is 1.72 bits per heavy atom. The lowest BCUT2D eigenvalue weighted by Crippen LogP contribution is -2.25. The van der Waals surface area contributed by atoms with E-state index in [4.69, 9.17) is 0 Å². The Morgan fingerprint density at radius 3 is 2.39 bits per heavy atom. The minimum Gasteiger partial charge on any atom is -0.352 e. The second-order valence-electron chi connectivity index (χ2n) is 5.09. The highest BCUT2D eigenvalue weighted by Crippen LogP contribution is 2.01. The summed E-state index contributed by atoms with van der Waals surface area (Å²) < 4.78 is 0. The van der Waals surface area contributed by atoms with Crippen LogP contribution in [0.1, 0.15) is 59.3 Å². The molecule has 1 amide bonds. The average molecular weight is 251 g/mol. The third kappa shape index (κ3) is 13.0. The molecule has 0 fully saturated rings. The lowest BCUT2D eigenvalue weighted by Gasteiger charge is -2.03. The van der Waals surface area contributed by atoms with E-state index in [1.165, 1.54) is 25.7 Å². The third-order valence-corrected chi connectivity index (χ3v) is 2.59. The monoisotopic (exact) mass is 251 g/mol. The zero-order valence-electron chi connectivity index (χ0n) is 12.2. The maximum atomic E-state index is 11.3. The van der Waals surface area contributed by atoms with Crippen molar-refractivity contribution in [2.75, 3.05) is 6.54 Å². The van der Waals surface area contributed by atoms with Crippen molar-refractivity contribution in [3.63, 3.8) is 0 Å². The van der Waals surface area contributed by atoms with Crippen molar-refractivity contribution >= 4 is 5.91 Å². The van der Waals surface area contributed by atoms with E-state index in [1.807, 2.05) is 6.08 Å². The van der Waals surface area contributed by atoms with Crippen molar-refractivity contribution in [2.45, 2.75) is 59.3 Å². The number of carbonyl (C=O) groups excluding carboxylic acids is 1. The van der Waals surface area contributed by atoms with Crippen molar-refractivity contribution < 1.29 is 4.79 Å². The third-order valence-electron chi connectivity index (χ3n) is 2.59. The van der Waals surface area contributed by atoms with Gasteiger partial charge >= 0.3 is 0 Å². The molecule has 0 aliphatic carbocycles. The molecule has 0 spiro atoms. The average Bonchev–Trinajstić information content (AvgIpc) is 2.34. The van der Waals surface area contributed by atoms with Crippen LogP contribution in [0.4, 0.5) is 0 Å². The molecule has 0 radical (unpaired) electrons. The van der Waals surface area contributed by atoms with Crippen LogP contribution < -0.4 is 5.32 Å². The van der Waals surface area contributed by atoms with Crippen LogP contribution in [0.3, 0.4) is 0 Å². The molecule has 0 aliphatic heterocycles. The maximum Gasteiger partial charge on any atom is 0.243 e. The Labute approximate surface area is 113 Å². The molecule has 0 bridgehead atoms. The summed E-state index contributed by atoms with van der Waals surface area (Å²) in [5.74, 6) is 0.532. The smallest absolute Gasteiger partial charge is 0.243 e. The van der Waals surface area contributed by atoms with E-state index in [0.29, 0.717) is 5.92 Å². The van der Waals surface area contributed by atoms with Gasteiger partial charge in [-0.05, 0) is 37.7 Å². The zero-order valence-corrected chi connectivity index (χ0v) is 12.2. The first-order chi connectivity index (χ1) is 8.66. The highest BCUT2D eigenvalue weighted by Gasteiger charge is 1.96. The molecule has 0 aromatic heterocycles. The van der Waals surface area contributed by atoms with Gasteiger partial charge in [0.05, 0.1) is 0 Å². The SMILES string of the molecule is CCCCC/C=C/CC/C=C/C(=O)NCC(C)C. The molecule has 2 heteroatoms. The fraction of sp³-hybridized carbons (Fsp3) is 0.688. The second kappa shape index (κ2) is 12.4. The Morgan fingerprint density at radius 1 is 1.06 bits per heavy atom. The number of rotatable bonds is 10. The normalized spacial score (nSPS) is 11.8. The van der Waals surface area contributed by atoms with Crippen LogP contribution in [0.2, 0.25) is 0 Å². The van der Waals surface area contributed by atoms with Gasteiger partial charge in [-0.15, -0.1) is 0 Å². The molecule has 0 saturated carbocycles. The molecule has 2 nitrogen and oxygen atoms in total. The second-order valence-corrected chi connectivity index (χ2v) is 5.09. The van der Waals surface area contributed by atoms with Crippen LogP contribution in [0.25, 0.3) is 0 Å². The molecule has 18 heavy (non-hydrogen) atoms. The van der Waals surface area contributed by atoms with Gasteiger partial charge in [0.15, 0.2) is 0 Å². The largest absolute Gasteiger partial charge is 0.352 e. The van der Waals surface area contributed by atoms with E-state index in [-0.39, 0.29) is 5.91 Å². The maximum absolute atomic E-state index is 11.3. The number of nitrogens with one attached hydrogen (secondary N) is 1. The van der Waals surface area contributed by atoms with E-state index in [1.54, 1.807) is 6.08 Å². The van der Waals surface area contributed by atoms with Crippen molar-refractivity contribution in [3.8, 4) is 0 Å². The molecule has 0 heterocycles. The molecular weight excluding hydrogens is 222 g/mol. The van der Waals surface area contributed by atoms with Crippen LogP contribution in [0, 0.1) is 5.92 Å². The lowest BCUT2D eigenvalue weighted by atomic mass is 10.2. The van der Waals surface area contributed by atoms with Gasteiger partial charge in [-0.2, -0.15) is 0 Å². The fourth-order valence-corrected chi connectivity index (χ4v) is 1.49. The molecule has 0 aromatic carbocycles. The highest BCUT2D eigenvalue weighted by molar-refractivity contribution is 5.87. The predicted octanol–water partition coefficient (Wildman–Crippen LogP) is 4.23. The van der Waals surface area contributed by atoms with Crippen molar-refractivity contribution in [1.82, 2.24) is 5.32 Å². The number of hydrogen-bond donors (Lipinski definition) is 1. The van der Waals surface area contributed by atoms with Crippen LogP contribution in [-0.4, -0.2) is 12.5 Å². The fourth-order valence-electron chi connectivity index (χ4n) is 1.49. The molecule has 104 valence electrons. The molecule has 0 aliphatic rings. The van der Waals surface area contributed by atoms with Crippen LogP contribution in [-0.2, 0) is 4.79 Å². The first-order valence-electron chi connectivity index (χ1n) is 7.26. The summed E-state index contributed by atoms with van der Waals surface area (Å²) >= 11 is 0. The van der Waals surface area contributed by atoms with Crippen molar-refractivity contribution in [1.29, 1.82) is 0 Å². The van der Waals surface area contributed by atoms with Gasteiger partial charge in [0.25, 0.3) is 0 Å². The number of amides is 1. The van der Waals surface area contributed by atoms with E-state index < -0.39 is 0 Å². The topological polar surface area (TPSA) is 29.1 Å². The standard InChI is InChI=1S/C16H29NO/c1-4-5-6-7-8-9-10-11-12-13-16(18)17-14-15(2)3/h8-9,12-13,15H,4-7,10-11,14H2,1-3H3,(H,17,18)/b9-8+,13-12+. The molecule has 0 rings (SSSR count). The van der Waals surface area contributed by atoms with Gasteiger partial charge in [0, 0.05) is 6.54 Å².